The van der Waals surface area contributed by atoms with Crippen molar-refractivity contribution >= 4 is 51.1 Å². The van der Waals surface area contributed by atoms with Gasteiger partial charge in [0.2, 0.25) is 5.91 Å². The Kier molecular flexibility index (Phi) is 4.26. The topological polar surface area (TPSA) is 37.4 Å². The van der Waals surface area contributed by atoms with Gasteiger partial charge in [0.25, 0.3) is 0 Å². The summed E-state index contributed by atoms with van der Waals surface area (Å²) in [5.74, 6) is -0.391. The monoisotopic (exact) mass is 379 g/mol. The summed E-state index contributed by atoms with van der Waals surface area (Å²) >= 11 is 3.08. The Balaban J connectivity index is 2.16. The van der Waals surface area contributed by atoms with Gasteiger partial charge in [-0.05, 0) is 40.8 Å². The van der Waals surface area contributed by atoms with Crippen molar-refractivity contribution in [1.82, 2.24) is 0 Å². The van der Waals surface area contributed by atoms with E-state index in [0.717, 1.165) is 0 Å². The van der Waals surface area contributed by atoms with Crippen LogP contribution < -0.4 is 4.90 Å². The molecule has 1 aliphatic rings. The van der Waals surface area contributed by atoms with Crippen molar-refractivity contribution in [2.75, 3.05) is 11.4 Å². The van der Waals surface area contributed by atoms with E-state index in [1.54, 1.807) is 17.0 Å². The molecule has 18 heavy (non-hydrogen) atoms. The van der Waals surface area contributed by atoms with Crippen molar-refractivity contribution in [2.45, 2.75) is 18.6 Å². The molecule has 6 heteroatoms. The highest BCUT2D eigenvalue weighted by Crippen LogP contribution is 2.29. The first kappa shape index (κ1) is 13.8. The second kappa shape index (κ2) is 5.56. The lowest BCUT2D eigenvalue weighted by atomic mass is 10.3. The Morgan fingerprint density at radius 1 is 1.56 bits per heavy atom. The number of hydrogen-bond acceptors (Lipinski definition) is 3. The lowest BCUT2D eigenvalue weighted by molar-refractivity contribution is -0.117. The number of hydrogen-bond donors (Lipinski definition) is 0. The molecule has 3 nitrogen and oxygen atoms in total. The standard InChI is InChI=1S/C12H11FINO2S/c1-7(16)18-9-5-12(17)15(6-9)8-2-3-11(14)10(13)4-8/h2-4,9H,5-6H2,1H3. The molecule has 1 amide bonds. The van der Waals surface area contributed by atoms with Gasteiger partial charge in [0, 0.05) is 34.4 Å². The average molecular weight is 379 g/mol. The van der Waals surface area contributed by atoms with Gasteiger partial charge in [0.1, 0.15) is 5.82 Å². The first-order valence-electron chi connectivity index (χ1n) is 5.40. The molecule has 1 aromatic rings. The summed E-state index contributed by atoms with van der Waals surface area (Å²) in [6, 6.07) is 4.73. The number of benzene rings is 1. The molecular formula is C12H11FINO2S. The first-order valence-corrected chi connectivity index (χ1v) is 7.36. The van der Waals surface area contributed by atoms with Crippen LogP contribution in [0.2, 0.25) is 0 Å². The molecule has 0 bridgehead atoms. The van der Waals surface area contributed by atoms with Crippen LogP contribution in [-0.4, -0.2) is 22.8 Å². The summed E-state index contributed by atoms with van der Waals surface area (Å²) in [6.45, 7) is 1.95. The van der Waals surface area contributed by atoms with Gasteiger partial charge in [0.15, 0.2) is 5.12 Å². The summed E-state index contributed by atoms with van der Waals surface area (Å²) in [4.78, 5) is 24.4. The number of nitrogens with zero attached hydrogens (tertiary/aromatic N) is 1. The second-order valence-electron chi connectivity index (χ2n) is 4.04. The molecule has 1 aliphatic heterocycles. The van der Waals surface area contributed by atoms with E-state index < -0.39 is 0 Å². The summed E-state index contributed by atoms with van der Waals surface area (Å²) in [6.07, 6.45) is 0.331. The minimum Gasteiger partial charge on any atom is -0.311 e. The van der Waals surface area contributed by atoms with E-state index in [2.05, 4.69) is 0 Å². The Morgan fingerprint density at radius 3 is 2.89 bits per heavy atom. The Hall–Kier alpha value is -0.630. The highest BCUT2D eigenvalue weighted by molar-refractivity contribution is 14.1. The van der Waals surface area contributed by atoms with E-state index in [1.165, 1.54) is 24.8 Å². The zero-order valence-corrected chi connectivity index (χ0v) is 12.6. The second-order valence-corrected chi connectivity index (χ2v) is 6.68. The van der Waals surface area contributed by atoms with Gasteiger partial charge in [-0.1, -0.05) is 11.8 Å². The third-order valence-electron chi connectivity index (χ3n) is 2.64. The molecule has 1 aromatic carbocycles. The number of anilines is 1. The predicted octanol–water partition coefficient (Wildman–Crippen LogP) is 2.82. The van der Waals surface area contributed by atoms with Crippen LogP contribution in [0.3, 0.4) is 0 Å². The van der Waals surface area contributed by atoms with Crippen LogP contribution in [0, 0.1) is 9.39 Å². The summed E-state index contributed by atoms with van der Waals surface area (Å²) < 4.78 is 14.0. The van der Waals surface area contributed by atoms with E-state index in [4.69, 9.17) is 0 Å². The molecule has 1 fully saturated rings. The number of amides is 1. The lowest BCUT2D eigenvalue weighted by Crippen LogP contribution is -2.25. The fourth-order valence-corrected chi connectivity index (χ4v) is 3.15. The smallest absolute Gasteiger partial charge is 0.228 e. The zero-order valence-electron chi connectivity index (χ0n) is 9.65. The van der Waals surface area contributed by atoms with Gasteiger partial charge >= 0.3 is 0 Å². The molecule has 2 rings (SSSR count). The third-order valence-corrected chi connectivity index (χ3v) is 4.49. The zero-order chi connectivity index (χ0) is 13.3. The number of rotatable bonds is 2. The average Bonchev–Trinajstić information content (AvgIpc) is 2.62. The minimum absolute atomic E-state index is 0.00319. The third kappa shape index (κ3) is 3.03. The van der Waals surface area contributed by atoms with Gasteiger partial charge in [-0.3, -0.25) is 9.59 Å². The molecule has 0 N–H and O–H groups in total. The SMILES string of the molecule is CC(=O)SC1CC(=O)N(c2ccc(I)c(F)c2)C1. The maximum Gasteiger partial charge on any atom is 0.228 e. The quantitative estimate of drug-likeness (QED) is 0.742. The highest BCUT2D eigenvalue weighted by atomic mass is 127. The van der Waals surface area contributed by atoms with Crippen molar-refractivity contribution in [3.63, 3.8) is 0 Å². The highest BCUT2D eigenvalue weighted by Gasteiger charge is 2.32. The van der Waals surface area contributed by atoms with Crippen LogP contribution >= 0.6 is 34.4 Å². The molecule has 0 saturated carbocycles. The van der Waals surface area contributed by atoms with E-state index in [9.17, 15) is 14.0 Å². The molecule has 0 aliphatic carbocycles. The maximum atomic E-state index is 13.5. The number of carbonyl (C=O) groups is 2. The van der Waals surface area contributed by atoms with Gasteiger partial charge in [-0.15, -0.1) is 0 Å². The number of carbonyl (C=O) groups excluding carboxylic acids is 2. The molecule has 0 radical (unpaired) electrons. The fraction of sp³-hybridized carbons (Fsp3) is 0.333. The molecule has 0 spiro atoms. The normalized spacial score (nSPS) is 19.4. The minimum atomic E-state index is -0.330. The largest absolute Gasteiger partial charge is 0.311 e. The molecule has 0 aromatic heterocycles. The summed E-state index contributed by atoms with van der Waals surface area (Å²) in [5, 5.41) is -0.0271. The molecule has 1 heterocycles. The number of halogens is 2. The van der Waals surface area contributed by atoms with Crippen LogP contribution in [0.4, 0.5) is 10.1 Å². The van der Waals surface area contributed by atoms with Gasteiger partial charge < -0.3 is 4.90 Å². The fourth-order valence-electron chi connectivity index (χ4n) is 1.89. The van der Waals surface area contributed by atoms with Gasteiger partial charge in [0.05, 0.1) is 0 Å². The van der Waals surface area contributed by atoms with Crippen molar-refractivity contribution < 1.29 is 14.0 Å². The van der Waals surface area contributed by atoms with E-state index in [-0.39, 0.29) is 22.1 Å². The van der Waals surface area contributed by atoms with E-state index >= 15 is 0 Å². The summed E-state index contributed by atoms with van der Waals surface area (Å²) in [5.41, 5.74) is 0.560. The van der Waals surface area contributed by atoms with E-state index in [0.29, 0.717) is 22.2 Å². The molecular weight excluding hydrogens is 368 g/mol. The Labute approximate surface area is 122 Å². The van der Waals surface area contributed by atoms with Crippen LogP contribution in [0.5, 0.6) is 0 Å². The lowest BCUT2D eigenvalue weighted by Gasteiger charge is -2.16. The van der Waals surface area contributed by atoms with Gasteiger partial charge in [-0.25, -0.2) is 4.39 Å². The summed E-state index contributed by atoms with van der Waals surface area (Å²) in [7, 11) is 0. The van der Waals surface area contributed by atoms with Gasteiger partial charge in [-0.2, -0.15) is 0 Å². The van der Waals surface area contributed by atoms with E-state index in [1.807, 2.05) is 22.6 Å². The van der Waals surface area contributed by atoms with Crippen LogP contribution in [0.1, 0.15) is 13.3 Å². The Bertz CT molecular complexity index is 509. The molecule has 1 saturated heterocycles. The van der Waals surface area contributed by atoms with Crippen LogP contribution in [0.15, 0.2) is 18.2 Å². The van der Waals surface area contributed by atoms with Crippen molar-refractivity contribution in [2.24, 2.45) is 0 Å². The van der Waals surface area contributed by atoms with Crippen LogP contribution in [-0.2, 0) is 9.59 Å². The van der Waals surface area contributed by atoms with Crippen molar-refractivity contribution in [1.29, 1.82) is 0 Å². The Morgan fingerprint density at radius 2 is 2.28 bits per heavy atom. The predicted molar refractivity (Wildman–Crippen MR) is 78.1 cm³/mol. The number of thioether (sulfide) groups is 1. The molecule has 1 unspecified atom stereocenters. The maximum absolute atomic E-state index is 13.5. The van der Waals surface area contributed by atoms with Crippen molar-refractivity contribution in [3.05, 3.63) is 27.6 Å². The van der Waals surface area contributed by atoms with Crippen molar-refractivity contribution in [3.8, 4) is 0 Å². The van der Waals surface area contributed by atoms with Crippen LogP contribution in [0.25, 0.3) is 0 Å². The molecule has 96 valence electrons. The first-order chi connectivity index (χ1) is 8.47. The molecule has 1 atom stereocenters.